The van der Waals surface area contributed by atoms with Gasteiger partial charge in [-0.25, -0.2) is 0 Å². The lowest BCUT2D eigenvalue weighted by Gasteiger charge is -2.16. The molecule has 148 valence electrons. The number of hydrogen-bond donors (Lipinski definition) is 3. The lowest BCUT2D eigenvalue weighted by molar-refractivity contribution is -0.115. The SMILES string of the molecule is C#Cc1cccc(NC(=O)CNC(=NC)NCC(C)c2cccc(C)c2)c1.I. The third-order valence-electron chi connectivity index (χ3n) is 4.14. The molecule has 0 heterocycles. The molecular weight excluding hydrogens is 463 g/mol. The van der Waals surface area contributed by atoms with Gasteiger partial charge in [0.1, 0.15) is 0 Å². The molecule has 28 heavy (non-hydrogen) atoms. The molecule has 2 rings (SSSR count). The third-order valence-corrected chi connectivity index (χ3v) is 4.14. The van der Waals surface area contributed by atoms with E-state index in [2.05, 4.69) is 65.0 Å². The van der Waals surface area contributed by atoms with Crippen LogP contribution in [0.1, 0.15) is 29.5 Å². The predicted octanol–water partition coefficient (Wildman–Crippen LogP) is 3.50. The predicted molar refractivity (Wildman–Crippen MR) is 127 cm³/mol. The van der Waals surface area contributed by atoms with Crippen molar-refractivity contribution in [2.45, 2.75) is 19.8 Å². The highest BCUT2D eigenvalue weighted by molar-refractivity contribution is 14.0. The first-order valence-corrected chi connectivity index (χ1v) is 8.89. The number of aryl methyl sites for hydroxylation is 1. The Kier molecular flexibility index (Phi) is 10.1. The summed E-state index contributed by atoms with van der Waals surface area (Å²) in [6, 6.07) is 15.6. The van der Waals surface area contributed by atoms with Gasteiger partial charge >= 0.3 is 0 Å². The van der Waals surface area contributed by atoms with E-state index in [0.29, 0.717) is 17.6 Å². The number of nitrogens with zero attached hydrogens (tertiary/aromatic N) is 1. The van der Waals surface area contributed by atoms with Crippen LogP contribution < -0.4 is 16.0 Å². The molecule has 0 radical (unpaired) electrons. The van der Waals surface area contributed by atoms with Crippen LogP contribution in [0.5, 0.6) is 0 Å². The monoisotopic (exact) mass is 490 g/mol. The Labute approximate surface area is 184 Å². The number of aliphatic imine (C=N–C) groups is 1. The van der Waals surface area contributed by atoms with E-state index in [1.807, 2.05) is 12.1 Å². The van der Waals surface area contributed by atoms with Crippen LogP contribution in [0, 0.1) is 19.3 Å². The number of carbonyl (C=O) groups is 1. The lowest BCUT2D eigenvalue weighted by Crippen LogP contribution is -2.42. The Hall–Kier alpha value is -2.53. The summed E-state index contributed by atoms with van der Waals surface area (Å²) in [6.45, 7) is 5.07. The largest absolute Gasteiger partial charge is 0.356 e. The first-order valence-electron chi connectivity index (χ1n) is 8.89. The summed E-state index contributed by atoms with van der Waals surface area (Å²) >= 11 is 0. The van der Waals surface area contributed by atoms with E-state index >= 15 is 0 Å². The lowest BCUT2D eigenvalue weighted by atomic mass is 9.99. The molecule has 0 bridgehead atoms. The van der Waals surface area contributed by atoms with E-state index in [-0.39, 0.29) is 36.4 Å². The van der Waals surface area contributed by atoms with Gasteiger partial charge < -0.3 is 16.0 Å². The maximum absolute atomic E-state index is 12.1. The zero-order chi connectivity index (χ0) is 19.6. The molecule has 2 aromatic rings. The van der Waals surface area contributed by atoms with Gasteiger partial charge in [0.25, 0.3) is 0 Å². The summed E-state index contributed by atoms with van der Waals surface area (Å²) in [5.74, 6) is 3.29. The highest BCUT2D eigenvalue weighted by Crippen LogP contribution is 2.15. The molecule has 0 aromatic heterocycles. The minimum atomic E-state index is -0.168. The fraction of sp³-hybridized carbons (Fsp3) is 0.273. The van der Waals surface area contributed by atoms with Crippen molar-refractivity contribution < 1.29 is 4.79 Å². The standard InChI is InChI=1S/C22H26N4O.HI/c1-5-18-9-7-11-20(13-18)26-21(27)15-25-22(23-4)24-14-17(3)19-10-6-8-16(2)12-19;/h1,6-13,17H,14-15H2,2-4H3,(H,26,27)(H2,23,24,25);1H. The van der Waals surface area contributed by atoms with Crippen LogP contribution in [0.2, 0.25) is 0 Å². The van der Waals surface area contributed by atoms with Gasteiger partial charge in [-0.2, -0.15) is 0 Å². The summed E-state index contributed by atoms with van der Waals surface area (Å²) in [6.07, 6.45) is 5.37. The molecule has 1 atom stereocenters. The molecular formula is C22H27IN4O. The smallest absolute Gasteiger partial charge is 0.243 e. The molecule has 5 nitrogen and oxygen atoms in total. The number of nitrogens with one attached hydrogen (secondary N) is 3. The number of anilines is 1. The number of carbonyl (C=O) groups excluding carboxylic acids is 1. The third kappa shape index (κ3) is 7.61. The van der Waals surface area contributed by atoms with Crippen LogP contribution in [0.3, 0.4) is 0 Å². The summed E-state index contributed by atoms with van der Waals surface area (Å²) in [7, 11) is 1.68. The summed E-state index contributed by atoms with van der Waals surface area (Å²) < 4.78 is 0. The molecule has 0 aliphatic rings. The Morgan fingerprint density at radius 1 is 1.18 bits per heavy atom. The Balaban J connectivity index is 0.00000392. The average Bonchev–Trinajstić information content (AvgIpc) is 2.68. The first kappa shape index (κ1) is 23.5. The van der Waals surface area contributed by atoms with Crippen LogP contribution in [-0.4, -0.2) is 32.0 Å². The second-order valence-electron chi connectivity index (χ2n) is 6.40. The van der Waals surface area contributed by atoms with Gasteiger partial charge in [-0.1, -0.05) is 48.7 Å². The number of rotatable bonds is 6. The average molecular weight is 490 g/mol. The van der Waals surface area contributed by atoms with E-state index in [1.165, 1.54) is 11.1 Å². The van der Waals surface area contributed by atoms with Gasteiger partial charge in [-0.3, -0.25) is 9.79 Å². The number of amides is 1. The van der Waals surface area contributed by atoms with Crippen molar-refractivity contribution in [2.75, 3.05) is 25.5 Å². The van der Waals surface area contributed by atoms with Gasteiger partial charge in [0.05, 0.1) is 6.54 Å². The molecule has 6 heteroatoms. The van der Waals surface area contributed by atoms with Crippen molar-refractivity contribution in [3.63, 3.8) is 0 Å². The van der Waals surface area contributed by atoms with E-state index in [0.717, 1.165) is 12.1 Å². The van der Waals surface area contributed by atoms with Crippen LogP contribution >= 0.6 is 24.0 Å². The molecule has 1 amide bonds. The van der Waals surface area contributed by atoms with Gasteiger partial charge in [-0.15, -0.1) is 30.4 Å². The minimum absolute atomic E-state index is 0. The maximum atomic E-state index is 12.1. The number of guanidine groups is 1. The number of hydrogen-bond acceptors (Lipinski definition) is 2. The Bertz CT molecular complexity index is 858. The Morgan fingerprint density at radius 3 is 2.61 bits per heavy atom. The maximum Gasteiger partial charge on any atom is 0.243 e. The number of halogens is 1. The van der Waals surface area contributed by atoms with Crippen molar-refractivity contribution in [3.8, 4) is 12.3 Å². The normalized spacial score (nSPS) is 11.6. The highest BCUT2D eigenvalue weighted by Gasteiger charge is 2.08. The van der Waals surface area contributed by atoms with Crippen LogP contribution in [-0.2, 0) is 4.79 Å². The van der Waals surface area contributed by atoms with Crippen LogP contribution in [0.25, 0.3) is 0 Å². The zero-order valence-corrected chi connectivity index (χ0v) is 18.8. The molecule has 0 spiro atoms. The number of terminal acetylenes is 1. The summed E-state index contributed by atoms with van der Waals surface area (Å²) in [5.41, 5.74) is 3.91. The van der Waals surface area contributed by atoms with Gasteiger partial charge in [0.15, 0.2) is 5.96 Å². The molecule has 0 fully saturated rings. The van der Waals surface area contributed by atoms with Crippen molar-refractivity contribution >= 4 is 41.5 Å². The highest BCUT2D eigenvalue weighted by atomic mass is 127. The number of benzene rings is 2. The second kappa shape index (κ2) is 12.0. The molecule has 0 aliphatic carbocycles. The molecule has 2 aromatic carbocycles. The Morgan fingerprint density at radius 2 is 1.93 bits per heavy atom. The fourth-order valence-electron chi connectivity index (χ4n) is 2.62. The minimum Gasteiger partial charge on any atom is -0.356 e. The van der Waals surface area contributed by atoms with E-state index in [9.17, 15) is 4.79 Å². The van der Waals surface area contributed by atoms with Crippen molar-refractivity contribution in [2.24, 2.45) is 4.99 Å². The van der Waals surface area contributed by atoms with E-state index in [1.54, 1.807) is 19.2 Å². The summed E-state index contributed by atoms with van der Waals surface area (Å²) in [4.78, 5) is 16.3. The topological polar surface area (TPSA) is 65.5 Å². The first-order chi connectivity index (χ1) is 13.0. The van der Waals surface area contributed by atoms with Crippen LogP contribution in [0.4, 0.5) is 5.69 Å². The second-order valence-corrected chi connectivity index (χ2v) is 6.40. The zero-order valence-electron chi connectivity index (χ0n) is 16.5. The molecule has 0 saturated carbocycles. The van der Waals surface area contributed by atoms with Crippen molar-refractivity contribution in [3.05, 3.63) is 65.2 Å². The van der Waals surface area contributed by atoms with Gasteiger partial charge in [0, 0.05) is 24.8 Å². The quantitative estimate of drug-likeness (QED) is 0.252. The molecule has 1 unspecified atom stereocenters. The van der Waals surface area contributed by atoms with Crippen LogP contribution in [0.15, 0.2) is 53.5 Å². The van der Waals surface area contributed by atoms with Gasteiger partial charge in [-0.05, 0) is 36.6 Å². The van der Waals surface area contributed by atoms with Crippen molar-refractivity contribution in [1.29, 1.82) is 0 Å². The summed E-state index contributed by atoms with van der Waals surface area (Å²) in [5, 5.41) is 9.09. The molecule has 0 saturated heterocycles. The molecule has 3 N–H and O–H groups in total. The van der Waals surface area contributed by atoms with E-state index in [4.69, 9.17) is 6.42 Å². The van der Waals surface area contributed by atoms with E-state index < -0.39 is 0 Å². The van der Waals surface area contributed by atoms with Crippen molar-refractivity contribution in [1.82, 2.24) is 10.6 Å². The molecule has 0 aliphatic heterocycles. The van der Waals surface area contributed by atoms with Gasteiger partial charge in [0.2, 0.25) is 5.91 Å². The fourth-order valence-corrected chi connectivity index (χ4v) is 2.62.